The van der Waals surface area contributed by atoms with Crippen LogP contribution in [0, 0.1) is 0 Å². The smallest absolute Gasteiger partial charge is 0.418 e. The van der Waals surface area contributed by atoms with Crippen molar-refractivity contribution in [3.05, 3.63) is 83.6 Å². The molecule has 0 bridgehead atoms. The highest BCUT2D eigenvalue weighted by atomic mass is 19.4. The first-order valence-corrected chi connectivity index (χ1v) is 18.9. The number of halogens is 3. The van der Waals surface area contributed by atoms with Crippen LogP contribution in [0.15, 0.2) is 61.1 Å². The quantitative estimate of drug-likeness (QED) is 0.198. The van der Waals surface area contributed by atoms with Crippen LogP contribution < -0.4 is 20.1 Å². The van der Waals surface area contributed by atoms with Crippen molar-refractivity contribution in [1.29, 1.82) is 0 Å². The number of likely N-dealkylation sites (tertiary alicyclic amines) is 2. The molecule has 1 atom stereocenters. The fourth-order valence-electron chi connectivity index (χ4n) is 7.58. The third-order valence-corrected chi connectivity index (χ3v) is 10.5. The number of alkyl halides is 3. The van der Waals surface area contributed by atoms with Crippen molar-refractivity contribution in [2.24, 2.45) is 0 Å². The summed E-state index contributed by atoms with van der Waals surface area (Å²) in [6.07, 6.45) is 2.75. The van der Waals surface area contributed by atoms with Crippen molar-refractivity contribution in [3.8, 4) is 11.5 Å². The number of pyridine rings is 2. The number of anilines is 1. The minimum atomic E-state index is -4.76. The van der Waals surface area contributed by atoms with Gasteiger partial charge in [0.15, 0.2) is 6.10 Å². The van der Waals surface area contributed by atoms with Gasteiger partial charge in [0, 0.05) is 56.5 Å². The first-order chi connectivity index (χ1) is 26.8. The van der Waals surface area contributed by atoms with Crippen LogP contribution in [0.4, 0.5) is 18.9 Å². The number of hydrogen-bond donors (Lipinski definition) is 2. The molecule has 3 saturated heterocycles. The number of carbonyl (C=O) groups is 4. The Kier molecular flexibility index (Phi) is 11.3. The van der Waals surface area contributed by atoms with Crippen LogP contribution in [0.25, 0.3) is 5.65 Å². The predicted octanol–water partition coefficient (Wildman–Crippen LogP) is 5.56. The lowest BCUT2D eigenvalue weighted by Crippen LogP contribution is -2.46. The average Bonchev–Trinajstić information content (AvgIpc) is 3.59. The summed E-state index contributed by atoms with van der Waals surface area (Å²) < 4.78 is 54.3. The number of carbonyl (C=O) groups excluding carboxylic acids is 4. The average molecular weight is 776 g/mol. The Morgan fingerprint density at radius 3 is 2.36 bits per heavy atom. The van der Waals surface area contributed by atoms with E-state index in [2.05, 4.69) is 20.5 Å². The van der Waals surface area contributed by atoms with Crippen LogP contribution in [-0.4, -0.2) is 92.7 Å². The van der Waals surface area contributed by atoms with E-state index < -0.39 is 35.4 Å². The van der Waals surface area contributed by atoms with Gasteiger partial charge in [0.05, 0.1) is 23.9 Å². The van der Waals surface area contributed by atoms with Gasteiger partial charge >= 0.3 is 6.18 Å². The van der Waals surface area contributed by atoms with Gasteiger partial charge in [0.25, 0.3) is 11.8 Å². The fraction of sp³-hybridized carbons (Fsp3) is 0.450. The van der Waals surface area contributed by atoms with Gasteiger partial charge in [-0.1, -0.05) is 12.1 Å². The maximum Gasteiger partial charge on any atom is 0.418 e. The third kappa shape index (κ3) is 8.96. The molecule has 3 fully saturated rings. The molecule has 0 radical (unpaired) electrons. The van der Waals surface area contributed by atoms with Gasteiger partial charge < -0.3 is 24.1 Å². The zero-order valence-corrected chi connectivity index (χ0v) is 31.2. The van der Waals surface area contributed by atoms with Gasteiger partial charge in [-0.05, 0) is 88.4 Å². The molecule has 3 aliphatic heterocycles. The highest BCUT2D eigenvalue weighted by Gasteiger charge is 2.36. The molecule has 2 N–H and O–H groups in total. The van der Waals surface area contributed by atoms with Crippen LogP contribution in [0.3, 0.4) is 0 Å². The number of rotatable bonds is 10. The molecule has 4 aromatic rings. The van der Waals surface area contributed by atoms with Gasteiger partial charge in [-0.15, -0.1) is 0 Å². The molecule has 3 aromatic heterocycles. The molecule has 1 aromatic carbocycles. The van der Waals surface area contributed by atoms with Crippen molar-refractivity contribution < 1.29 is 41.8 Å². The second-order valence-electron chi connectivity index (χ2n) is 14.8. The zero-order chi connectivity index (χ0) is 39.6. The Morgan fingerprint density at radius 1 is 0.964 bits per heavy atom. The monoisotopic (exact) mass is 775 g/mol. The van der Waals surface area contributed by atoms with Crippen molar-refractivity contribution in [2.45, 2.75) is 82.6 Å². The Labute approximate surface area is 321 Å². The molecule has 0 aliphatic carbocycles. The molecule has 6 heterocycles. The number of hydrogen-bond acceptors (Lipinski definition) is 9. The standard InChI is InChI=1S/C40H44F3N7O6/c1-24(2)55-33-20-34-45-30(21-50(34)22-31(33)46-39(54)37-29(40(41,42)43)4-3-15-44-37)27-13-18-49(19-14-27)36(52)23-48-16-11-26(12-17-48)25-5-7-28(8-6-25)56-32-9-10-35(51)47-38(32)53/h3-8,15,20-22,24,26-27,32H,9-14,16-19,23H2,1-2H3,(H,46,54)(H,47,51,53). The van der Waals surface area contributed by atoms with Crippen molar-refractivity contribution in [1.82, 2.24) is 29.5 Å². The molecule has 3 aliphatic rings. The maximum atomic E-state index is 13.6. The molecular weight excluding hydrogens is 731 g/mol. The van der Waals surface area contributed by atoms with Crippen LogP contribution >= 0.6 is 0 Å². The van der Waals surface area contributed by atoms with E-state index in [0.717, 1.165) is 62.8 Å². The number of nitrogens with one attached hydrogen (secondary N) is 2. The second-order valence-corrected chi connectivity index (χ2v) is 14.8. The Hall–Kier alpha value is -5.51. The highest BCUT2D eigenvalue weighted by Crippen LogP contribution is 2.35. The maximum absolute atomic E-state index is 13.6. The summed E-state index contributed by atoms with van der Waals surface area (Å²) in [6.45, 7) is 6.76. The van der Waals surface area contributed by atoms with Gasteiger partial charge in [-0.3, -0.25) is 34.4 Å². The summed E-state index contributed by atoms with van der Waals surface area (Å²) in [7, 11) is 0. The van der Waals surface area contributed by atoms with E-state index in [1.54, 1.807) is 30.5 Å². The van der Waals surface area contributed by atoms with Crippen LogP contribution in [-0.2, 0) is 20.6 Å². The van der Waals surface area contributed by atoms with Gasteiger partial charge in [0.2, 0.25) is 11.8 Å². The van der Waals surface area contributed by atoms with Gasteiger partial charge in [-0.2, -0.15) is 13.2 Å². The van der Waals surface area contributed by atoms with E-state index in [0.29, 0.717) is 43.4 Å². The lowest BCUT2D eigenvalue weighted by atomic mass is 9.89. The first-order valence-electron chi connectivity index (χ1n) is 18.9. The van der Waals surface area contributed by atoms with Crippen LogP contribution in [0.1, 0.15) is 91.5 Å². The lowest BCUT2D eigenvalue weighted by molar-refractivity contribution is -0.139. The van der Waals surface area contributed by atoms with Crippen LogP contribution in [0.5, 0.6) is 11.5 Å². The van der Waals surface area contributed by atoms with Crippen molar-refractivity contribution in [3.63, 3.8) is 0 Å². The van der Waals surface area contributed by atoms with Gasteiger partial charge in [0.1, 0.15) is 28.5 Å². The lowest BCUT2D eigenvalue weighted by Gasteiger charge is -2.35. The number of piperidine rings is 3. The number of ether oxygens (including phenoxy) is 2. The largest absolute Gasteiger partial charge is 0.489 e. The highest BCUT2D eigenvalue weighted by molar-refractivity contribution is 6.04. The number of aromatic nitrogens is 3. The molecular formula is C40H44F3N7O6. The summed E-state index contributed by atoms with van der Waals surface area (Å²) in [6, 6.07) is 11.4. The van der Waals surface area contributed by atoms with E-state index >= 15 is 0 Å². The molecule has 0 spiro atoms. The number of imide groups is 1. The van der Waals surface area contributed by atoms with Crippen molar-refractivity contribution >= 4 is 35.0 Å². The Bertz CT molecular complexity index is 2090. The minimum absolute atomic E-state index is 0.0888. The summed E-state index contributed by atoms with van der Waals surface area (Å²) in [5.74, 6) is -0.298. The van der Waals surface area contributed by atoms with Crippen LogP contribution in [0.2, 0.25) is 0 Å². The summed E-state index contributed by atoms with van der Waals surface area (Å²) in [4.78, 5) is 62.5. The fourth-order valence-corrected chi connectivity index (χ4v) is 7.58. The Balaban J connectivity index is 0.913. The molecule has 56 heavy (non-hydrogen) atoms. The van der Waals surface area contributed by atoms with E-state index in [-0.39, 0.29) is 41.7 Å². The summed E-state index contributed by atoms with van der Waals surface area (Å²) in [5.41, 5.74) is 0.867. The number of fused-ring (bicyclic) bond motifs is 1. The topological polar surface area (TPSA) is 147 Å². The normalized spacial score (nSPS) is 19.0. The third-order valence-electron chi connectivity index (χ3n) is 10.5. The first kappa shape index (κ1) is 38.8. The molecule has 4 amide bonds. The second kappa shape index (κ2) is 16.3. The van der Waals surface area contributed by atoms with E-state index in [4.69, 9.17) is 14.5 Å². The minimum Gasteiger partial charge on any atom is -0.489 e. The van der Waals surface area contributed by atoms with E-state index in [1.807, 2.05) is 35.4 Å². The molecule has 0 saturated carbocycles. The Morgan fingerprint density at radius 2 is 1.68 bits per heavy atom. The number of nitrogens with zero attached hydrogens (tertiary/aromatic N) is 5. The molecule has 296 valence electrons. The number of amides is 4. The van der Waals surface area contributed by atoms with E-state index in [9.17, 15) is 32.3 Å². The molecule has 7 rings (SSSR count). The SMILES string of the molecule is CC(C)Oc1cc2nc(C3CCN(C(=O)CN4CCC(c5ccc(OC6CCC(=O)NC6=O)cc5)CC4)CC3)cn2cc1NC(=O)c1ncccc1C(F)(F)F. The predicted molar refractivity (Wildman–Crippen MR) is 198 cm³/mol. The van der Waals surface area contributed by atoms with E-state index in [1.165, 1.54) is 5.56 Å². The van der Waals surface area contributed by atoms with Crippen molar-refractivity contribution in [2.75, 3.05) is 38.0 Å². The molecule has 16 heteroatoms. The summed E-state index contributed by atoms with van der Waals surface area (Å²) >= 11 is 0. The van der Waals surface area contributed by atoms with Gasteiger partial charge in [-0.25, -0.2) is 4.98 Å². The summed E-state index contributed by atoms with van der Waals surface area (Å²) in [5, 5.41) is 4.87. The zero-order valence-electron chi connectivity index (χ0n) is 31.2. The number of benzene rings is 1. The molecule has 1 unspecified atom stereocenters. The molecule has 13 nitrogen and oxygen atoms in total. The number of imidazole rings is 1.